The third kappa shape index (κ3) is 3.58. The Bertz CT molecular complexity index is 767. The predicted molar refractivity (Wildman–Crippen MR) is 112 cm³/mol. The minimum Gasteiger partial charge on any atom is -0.493 e. The summed E-state index contributed by atoms with van der Waals surface area (Å²) in [4.78, 5) is 2.72. The number of likely N-dealkylation sites (tertiary alicyclic amines) is 1. The first-order valence-electron chi connectivity index (χ1n) is 10.3. The van der Waals surface area contributed by atoms with Gasteiger partial charge in [0.15, 0.2) is 11.5 Å². The van der Waals surface area contributed by atoms with Gasteiger partial charge in [-0.3, -0.25) is 4.90 Å². The number of rotatable bonds is 7. The lowest BCUT2D eigenvalue weighted by Crippen LogP contribution is -2.31. The Morgan fingerprint density at radius 1 is 0.929 bits per heavy atom. The SMILES string of the molecule is COc1cc([C@@H]2CN(CCc3ccccc3)[C@@H]3CCC[C@H]32)cc(OC)c1OC. The standard InChI is InChI=1S/C24H31NO3/c1-26-22-14-18(15-23(27-2)24(22)28-3)20-16-25(21-11-7-10-19(20)21)13-12-17-8-5-4-6-9-17/h4-6,8-9,14-15,19-21H,7,10-13,16H2,1-3H3/t19-,20-,21+/m0/s1. The van der Waals surface area contributed by atoms with E-state index in [4.69, 9.17) is 14.2 Å². The normalized spacial score (nSPS) is 24.2. The molecular formula is C24H31NO3. The van der Waals surface area contributed by atoms with Gasteiger partial charge in [0.25, 0.3) is 0 Å². The molecule has 28 heavy (non-hydrogen) atoms. The van der Waals surface area contributed by atoms with Gasteiger partial charge in [-0.2, -0.15) is 0 Å². The first-order chi connectivity index (χ1) is 13.7. The smallest absolute Gasteiger partial charge is 0.203 e. The Morgan fingerprint density at radius 2 is 1.64 bits per heavy atom. The van der Waals surface area contributed by atoms with Crippen LogP contribution in [0.4, 0.5) is 0 Å². The van der Waals surface area contributed by atoms with Gasteiger partial charge in [0, 0.05) is 25.0 Å². The van der Waals surface area contributed by atoms with Crippen LogP contribution in [-0.2, 0) is 6.42 Å². The molecule has 4 nitrogen and oxygen atoms in total. The van der Waals surface area contributed by atoms with E-state index >= 15 is 0 Å². The number of benzene rings is 2. The fourth-order valence-corrected chi connectivity index (χ4v) is 5.26. The zero-order chi connectivity index (χ0) is 19.5. The second kappa shape index (κ2) is 8.44. The maximum Gasteiger partial charge on any atom is 0.203 e. The lowest BCUT2D eigenvalue weighted by molar-refractivity contribution is 0.244. The predicted octanol–water partition coefficient (Wildman–Crippen LogP) is 4.52. The Labute approximate surface area is 168 Å². The van der Waals surface area contributed by atoms with Gasteiger partial charge in [0.2, 0.25) is 5.75 Å². The number of methoxy groups -OCH3 is 3. The largest absolute Gasteiger partial charge is 0.493 e. The van der Waals surface area contributed by atoms with E-state index in [2.05, 4.69) is 47.4 Å². The molecule has 4 heteroatoms. The van der Waals surface area contributed by atoms with Crippen molar-refractivity contribution in [2.45, 2.75) is 37.6 Å². The Balaban J connectivity index is 1.56. The van der Waals surface area contributed by atoms with Crippen molar-refractivity contribution in [1.82, 2.24) is 4.90 Å². The van der Waals surface area contributed by atoms with Crippen LogP contribution in [0.2, 0.25) is 0 Å². The van der Waals surface area contributed by atoms with Crippen LogP contribution in [0.1, 0.15) is 36.3 Å². The molecular weight excluding hydrogens is 350 g/mol. The van der Waals surface area contributed by atoms with Gasteiger partial charge in [-0.15, -0.1) is 0 Å². The van der Waals surface area contributed by atoms with Crippen molar-refractivity contribution < 1.29 is 14.2 Å². The van der Waals surface area contributed by atoms with Crippen LogP contribution in [0.3, 0.4) is 0 Å². The quantitative estimate of drug-likeness (QED) is 0.705. The van der Waals surface area contributed by atoms with E-state index in [0.717, 1.165) is 36.9 Å². The lowest BCUT2D eigenvalue weighted by atomic mass is 9.86. The van der Waals surface area contributed by atoms with Crippen molar-refractivity contribution in [2.24, 2.45) is 5.92 Å². The number of ether oxygens (including phenoxy) is 3. The molecule has 0 N–H and O–H groups in total. The van der Waals surface area contributed by atoms with Crippen molar-refractivity contribution in [3.63, 3.8) is 0 Å². The molecule has 0 radical (unpaired) electrons. The van der Waals surface area contributed by atoms with Gasteiger partial charge < -0.3 is 14.2 Å². The van der Waals surface area contributed by atoms with Crippen LogP contribution in [0.15, 0.2) is 42.5 Å². The van der Waals surface area contributed by atoms with Crippen LogP contribution >= 0.6 is 0 Å². The maximum atomic E-state index is 5.60. The van der Waals surface area contributed by atoms with E-state index < -0.39 is 0 Å². The Morgan fingerprint density at radius 3 is 2.29 bits per heavy atom. The lowest BCUT2D eigenvalue weighted by Gasteiger charge is -2.23. The number of hydrogen-bond acceptors (Lipinski definition) is 4. The van der Waals surface area contributed by atoms with E-state index in [1.54, 1.807) is 21.3 Å². The molecule has 3 atom stereocenters. The summed E-state index contributed by atoms with van der Waals surface area (Å²) in [5.41, 5.74) is 2.74. The molecule has 1 aliphatic heterocycles. The van der Waals surface area contributed by atoms with Gasteiger partial charge in [-0.1, -0.05) is 36.8 Å². The van der Waals surface area contributed by atoms with Gasteiger partial charge in [0.1, 0.15) is 0 Å². The minimum atomic E-state index is 0.525. The molecule has 1 heterocycles. The molecule has 0 spiro atoms. The highest BCUT2D eigenvalue weighted by Crippen LogP contribution is 2.49. The monoisotopic (exact) mass is 381 g/mol. The van der Waals surface area contributed by atoms with Crippen molar-refractivity contribution in [1.29, 1.82) is 0 Å². The van der Waals surface area contributed by atoms with E-state index in [1.165, 1.54) is 30.4 Å². The first-order valence-corrected chi connectivity index (χ1v) is 10.3. The molecule has 2 fully saturated rings. The summed E-state index contributed by atoms with van der Waals surface area (Å²) >= 11 is 0. The van der Waals surface area contributed by atoms with Crippen LogP contribution in [-0.4, -0.2) is 45.4 Å². The highest BCUT2D eigenvalue weighted by Gasteiger charge is 2.44. The van der Waals surface area contributed by atoms with E-state index in [9.17, 15) is 0 Å². The fraction of sp³-hybridized carbons (Fsp3) is 0.500. The highest BCUT2D eigenvalue weighted by atomic mass is 16.5. The van der Waals surface area contributed by atoms with Crippen molar-refractivity contribution in [2.75, 3.05) is 34.4 Å². The zero-order valence-corrected chi connectivity index (χ0v) is 17.2. The Kier molecular flexibility index (Phi) is 5.77. The van der Waals surface area contributed by atoms with Crippen LogP contribution in [0, 0.1) is 5.92 Å². The summed E-state index contributed by atoms with van der Waals surface area (Å²) < 4.78 is 16.7. The summed E-state index contributed by atoms with van der Waals surface area (Å²) in [6.07, 6.45) is 5.08. The maximum absolute atomic E-state index is 5.60. The third-order valence-corrected chi connectivity index (χ3v) is 6.59. The molecule has 4 rings (SSSR count). The van der Waals surface area contributed by atoms with Gasteiger partial charge in [-0.25, -0.2) is 0 Å². The van der Waals surface area contributed by atoms with Crippen molar-refractivity contribution >= 4 is 0 Å². The highest BCUT2D eigenvalue weighted by molar-refractivity contribution is 5.55. The molecule has 0 aromatic heterocycles. The summed E-state index contributed by atoms with van der Waals surface area (Å²) in [5.74, 6) is 3.44. The summed E-state index contributed by atoms with van der Waals surface area (Å²) in [5, 5.41) is 0. The van der Waals surface area contributed by atoms with Crippen LogP contribution in [0.25, 0.3) is 0 Å². The molecule has 2 aromatic carbocycles. The van der Waals surface area contributed by atoms with Crippen LogP contribution in [0.5, 0.6) is 17.2 Å². The summed E-state index contributed by atoms with van der Waals surface area (Å²) in [7, 11) is 5.05. The number of fused-ring (bicyclic) bond motifs is 1. The average molecular weight is 382 g/mol. The van der Waals surface area contributed by atoms with E-state index in [0.29, 0.717) is 17.7 Å². The molecule has 0 unspecified atom stereocenters. The topological polar surface area (TPSA) is 30.9 Å². The number of nitrogens with zero attached hydrogens (tertiary/aromatic N) is 1. The molecule has 1 saturated heterocycles. The molecule has 0 bridgehead atoms. The molecule has 1 aliphatic carbocycles. The minimum absolute atomic E-state index is 0.525. The van der Waals surface area contributed by atoms with Crippen LogP contribution < -0.4 is 14.2 Å². The molecule has 2 aromatic rings. The van der Waals surface area contributed by atoms with Crippen molar-refractivity contribution in [3.05, 3.63) is 53.6 Å². The fourth-order valence-electron chi connectivity index (χ4n) is 5.26. The molecule has 0 amide bonds. The Hall–Kier alpha value is -2.20. The third-order valence-electron chi connectivity index (χ3n) is 6.59. The zero-order valence-electron chi connectivity index (χ0n) is 17.2. The molecule has 2 aliphatic rings. The molecule has 1 saturated carbocycles. The molecule has 150 valence electrons. The van der Waals surface area contributed by atoms with Gasteiger partial charge >= 0.3 is 0 Å². The first kappa shape index (κ1) is 19.1. The second-order valence-corrected chi connectivity index (χ2v) is 7.96. The average Bonchev–Trinajstić information content (AvgIpc) is 3.35. The summed E-state index contributed by atoms with van der Waals surface area (Å²) in [6.45, 7) is 2.24. The van der Waals surface area contributed by atoms with E-state index in [1.807, 2.05) is 0 Å². The van der Waals surface area contributed by atoms with E-state index in [-0.39, 0.29) is 0 Å². The second-order valence-electron chi connectivity index (χ2n) is 7.96. The van der Waals surface area contributed by atoms with Gasteiger partial charge in [0.05, 0.1) is 21.3 Å². The van der Waals surface area contributed by atoms with Gasteiger partial charge in [-0.05, 0) is 48.4 Å². The van der Waals surface area contributed by atoms with Crippen molar-refractivity contribution in [3.8, 4) is 17.2 Å². The summed E-state index contributed by atoms with van der Waals surface area (Å²) in [6, 6.07) is 15.8. The number of hydrogen-bond donors (Lipinski definition) is 0.